The predicted molar refractivity (Wildman–Crippen MR) is 237 cm³/mol. The largest absolute Gasteiger partial charge is 0.507 e. The molecule has 1 aliphatic carbocycles. The highest BCUT2D eigenvalue weighted by molar-refractivity contribution is 6.33. The van der Waals surface area contributed by atoms with Gasteiger partial charge < -0.3 is 51.5 Å². The molecule has 1 heterocycles. The first-order chi connectivity index (χ1) is 26.2. The highest BCUT2D eigenvalue weighted by atomic mass is 35.5. The summed E-state index contributed by atoms with van der Waals surface area (Å²) in [6.07, 6.45) is 3.30. The van der Waals surface area contributed by atoms with Gasteiger partial charge in [-0.15, -0.1) is 37.2 Å². The molecular formula is C41H54Cl4N6O6. The summed E-state index contributed by atoms with van der Waals surface area (Å²) < 4.78 is 0. The van der Waals surface area contributed by atoms with Gasteiger partial charge in [0.05, 0.1) is 35.5 Å². The average Bonchev–Trinajstić information content (AvgIpc) is 3.31. The van der Waals surface area contributed by atoms with Crippen molar-refractivity contribution in [1.29, 1.82) is 0 Å². The molecule has 12 nitrogen and oxygen atoms in total. The van der Waals surface area contributed by atoms with Crippen molar-refractivity contribution >= 4 is 83.1 Å². The summed E-state index contributed by atoms with van der Waals surface area (Å²) in [4.78, 5) is 31.4. The molecule has 0 aromatic heterocycles. The molecule has 4 aromatic carbocycles. The van der Waals surface area contributed by atoms with Crippen LogP contribution < -0.4 is 26.2 Å². The number of carbonyl (C=O) groups is 2. The molecule has 0 atom stereocenters. The van der Waals surface area contributed by atoms with E-state index < -0.39 is 11.6 Å². The Balaban J connectivity index is 0.000000396. The van der Waals surface area contributed by atoms with Crippen molar-refractivity contribution in [3.05, 3.63) is 105 Å². The minimum Gasteiger partial charge on any atom is -0.507 e. The molecule has 2 aliphatic rings. The number of nitrogens with one attached hydrogen (secondary N) is 4. The third-order valence-electron chi connectivity index (χ3n) is 9.36. The van der Waals surface area contributed by atoms with Gasteiger partial charge in [0.25, 0.3) is 0 Å². The quantitative estimate of drug-likeness (QED) is 0.0454. The van der Waals surface area contributed by atoms with E-state index in [0.717, 1.165) is 37.4 Å². The fraction of sp³-hybridized carbons (Fsp3) is 0.366. The molecule has 57 heavy (non-hydrogen) atoms. The number of hydrogen-bond donors (Lipinski definition) is 8. The van der Waals surface area contributed by atoms with E-state index in [9.17, 15) is 19.8 Å². The molecule has 0 bridgehead atoms. The van der Waals surface area contributed by atoms with E-state index in [-0.39, 0.29) is 84.2 Å². The Morgan fingerprint density at radius 2 is 1.16 bits per heavy atom. The summed E-state index contributed by atoms with van der Waals surface area (Å²) in [6.45, 7) is 4.92. The molecule has 0 unspecified atom stereocenters. The Kier molecular flexibility index (Phi) is 20.9. The number of carbonyl (C=O) groups excluding carboxylic acids is 2. The van der Waals surface area contributed by atoms with Crippen molar-refractivity contribution in [2.24, 2.45) is 0 Å². The molecule has 4 aromatic rings. The average molecular weight is 869 g/mol. The first-order valence-corrected chi connectivity index (χ1v) is 18.7. The summed E-state index contributed by atoms with van der Waals surface area (Å²) in [5.41, 5.74) is 6.11. The number of benzene rings is 4. The fourth-order valence-electron chi connectivity index (χ4n) is 6.81. The Labute approximate surface area is 358 Å². The fourth-order valence-corrected chi connectivity index (χ4v) is 6.98. The zero-order valence-corrected chi connectivity index (χ0v) is 35.4. The van der Waals surface area contributed by atoms with Gasteiger partial charge in [0, 0.05) is 73.6 Å². The lowest BCUT2D eigenvalue weighted by Gasteiger charge is -2.27. The topological polar surface area (TPSA) is 170 Å². The van der Waals surface area contributed by atoms with Gasteiger partial charge in [0.1, 0.15) is 11.5 Å². The molecule has 0 saturated carbocycles. The van der Waals surface area contributed by atoms with E-state index >= 15 is 0 Å². The molecule has 0 amide bonds. The molecule has 312 valence electrons. The zero-order valence-electron chi connectivity index (χ0n) is 32.1. The van der Waals surface area contributed by atoms with Gasteiger partial charge in [0.15, 0.2) is 0 Å². The van der Waals surface area contributed by atoms with E-state index in [1.165, 1.54) is 34.6 Å². The van der Waals surface area contributed by atoms with Crippen LogP contribution in [-0.2, 0) is 12.8 Å². The lowest BCUT2D eigenvalue weighted by Crippen LogP contribution is -2.28. The van der Waals surface area contributed by atoms with E-state index in [1.54, 1.807) is 12.1 Å². The SMILES string of the molecule is CN(C)CCCN1c2ccccc2CCc2ccc(Cl)cc21.Cl.Cl.Cl.O=C1c2c(O)ccc(O)c2C(=O)c2c(NCCNCCO)ccc(NCCNCCO)c21. The minimum absolute atomic E-state index is 0. The summed E-state index contributed by atoms with van der Waals surface area (Å²) in [6, 6.07) is 20.8. The standard InChI is InChI=1S/C22H28N4O6.C19H23ClN2.3ClH/c27-11-9-23-5-7-25-13-1-2-14(26-8-6-24-10-12-28)18-17(13)21(31)19-15(29)3-4-16(30)20(19)22(18)32;1-21(2)12-5-13-22-18-7-4-3-6-15(18)8-9-16-10-11-17(20)14-19(16)22;;;/h1-4,23-30H,5-12H2;3-4,6-7,10-11,14H,5,8-9,12-13H2,1-2H3;3*1H. The van der Waals surface area contributed by atoms with Crippen molar-refractivity contribution in [2.45, 2.75) is 19.3 Å². The van der Waals surface area contributed by atoms with E-state index in [4.69, 9.17) is 21.8 Å². The third kappa shape index (κ3) is 12.3. The second-order valence-corrected chi connectivity index (χ2v) is 13.9. The van der Waals surface area contributed by atoms with Crippen LogP contribution in [0.3, 0.4) is 0 Å². The molecule has 0 radical (unpaired) electrons. The molecule has 0 spiro atoms. The number of aryl methyl sites for hydroxylation is 2. The second-order valence-electron chi connectivity index (χ2n) is 13.4. The van der Waals surface area contributed by atoms with Crippen LogP contribution in [0.1, 0.15) is 49.4 Å². The lowest BCUT2D eigenvalue weighted by molar-refractivity contribution is 0.0975. The Hall–Kier alpha value is -3.82. The number of nitrogens with zero attached hydrogens (tertiary/aromatic N) is 2. The van der Waals surface area contributed by atoms with Crippen LogP contribution in [0, 0.1) is 0 Å². The van der Waals surface area contributed by atoms with Crippen LogP contribution in [0.4, 0.5) is 22.7 Å². The van der Waals surface area contributed by atoms with Gasteiger partial charge in [-0.2, -0.15) is 0 Å². The number of aliphatic hydroxyl groups is 2. The predicted octanol–water partition coefficient (Wildman–Crippen LogP) is 5.65. The van der Waals surface area contributed by atoms with Gasteiger partial charge in [-0.3, -0.25) is 9.59 Å². The highest BCUT2D eigenvalue weighted by Gasteiger charge is 2.38. The van der Waals surface area contributed by atoms with Crippen molar-refractivity contribution in [3.63, 3.8) is 0 Å². The van der Waals surface area contributed by atoms with Crippen LogP contribution in [-0.4, -0.2) is 117 Å². The monoisotopic (exact) mass is 866 g/mol. The third-order valence-corrected chi connectivity index (χ3v) is 9.59. The number of aliphatic hydroxyl groups excluding tert-OH is 2. The van der Waals surface area contributed by atoms with Gasteiger partial charge in [-0.1, -0.05) is 35.9 Å². The number of aromatic hydroxyl groups is 2. The number of ketones is 2. The number of phenolic OH excluding ortho intramolecular Hbond substituents is 2. The van der Waals surface area contributed by atoms with Crippen LogP contribution in [0.2, 0.25) is 5.02 Å². The summed E-state index contributed by atoms with van der Waals surface area (Å²) in [5, 5.41) is 51.4. The molecule has 16 heteroatoms. The Morgan fingerprint density at radius 1 is 0.649 bits per heavy atom. The molecule has 1 aliphatic heterocycles. The molecule has 0 saturated heterocycles. The molecule has 0 fully saturated rings. The molecular weight excluding hydrogens is 814 g/mol. The van der Waals surface area contributed by atoms with Crippen LogP contribution >= 0.6 is 48.8 Å². The van der Waals surface area contributed by atoms with Gasteiger partial charge in [-0.25, -0.2) is 0 Å². The summed E-state index contributed by atoms with van der Waals surface area (Å²) in [5.74, 6) is -1.86. The number of rotatable bonds is 16. The smallest absolute Gasteiger partial charge is 0.200 e. The zero-order chi connectivity index (χ0) is 38.6. The highest BCUT2D eigenvalue weighted by Crippen LogP contribution is 2.42. The summed E-state index contributed by atoms with van der Waals surface area (Å²) in [7, 11) is 4.25. The minimum atomic E-state index is -0.559. The Bertz CT molecular complexity index is 1860. The first kappa shape index (κ1) is 49.3. The van der Waals surface area contributed by atoms with E-state index in [2.05, 4.69) is 81.6 Å². The first-order valence-electron chi connectivity index (χ1n) is 18.4. The number of hydrogen-bond acceptors (Lipinski definition) is 12. The van der Waals surface area contributed by atoms with Gasteiger partial charge in [-0.05, 0) is 93.5 Å². The molecule has 8 N–H and O–H groups in total. The number of para-hydroxylation sites is 1. The number of anilines is 4. The second kappa shape index (κ2) is 24.2. The Morgan fingerprint density at radius 3 is 1.67 bits per heavy atom. The maximum atomic E-state index is 13.4. The van der Waals surface area contributed by atoms with E-state index in [0.29, 0.717) is 50.6 Å². The van der Waals surface area contributed by atoms with Crippen molar-refractivity contribution in [3.8, 4) is 11.5 Å². The normalized spacial score (nSPS) is 12.3. The van der Waals surface area contributed by atoms with Crippen LogP contribution in [0.5, 0.6) is 11.5 Å². The maximum absolute atomic E-state index is 13.4. The van der Waals surface area contributed by atoms with Crippen LogP contribution in [0.25, 0.3) is 0 Å². The van der Waals surface area contributed by atoms with Crippen molar-refractivity contribution in [2.75, 3.05) is 95.2 Å². The number of halogens is 4. The maximum Gasteiger partial charge on any atom is 0.200 e. The molecule has 6 rings (SSSR count). The number of phenols is 2. The summed E-state index contributed by atoms with van der Waals surface area (Å²) >= 11 is 6.27. The van der Waals surface area contributed by atoms with Gasteiger partial charge >= 0.3 is 0 Å². The van der Waals surface area contributed by atoms with E-state index in [1.807, 2.05) is 6.07 Å². The van der Waals surface area contributed by atoms with Gasteiger partial charge in [0.2, 0.25) is 11.6 Å². The lowest BCUT2D eigenvalue weighted by atomic mass is 9.81. The van der Waals surface area contributed by atoms with Crippen molar-refractivity contribution in [1.82, 2.24) is 15.5 Å². The number of fused-ring (bicyclic) bond motifs is 4. The van der Waals surface area contributed by atoms with Crippen LogP contribution in [0.15, 0.2) is 66.7 Å². The van der Waals surface area contributed by atoms with Crippen molar-refractivity contribution < 1.29 is 30.0 Å².